The molecule has 25 heavy (non-hydrogen) atoms. The van der Waals surface area contributed by atoms with Crippen LogP contribution < -0.4 is 20.7 Å². The van der Waals surface area contributed by atoms with E-state index < -0.39 is 0 Å². The Morgan fingerprint density at radius 3 is 2.32 bits per heavy atom. The molecule has 0 saturated heterocycles. The third-order valence-corrected chi connectivity index (χ3v) is 3.50. The molecular formula is C19H23N3O3. The van der Waals surface area contributed by atoms with Gasteiger partial charge in [-0.05, 0) is 54.9 Å². The summed E-state index contributed by atoms with van der Waals surface area (Å²) >= 11 is 0. The number of rotatable bonds is 8. The van der Waals surface area contributed by atoms with Crippen LogP contribution >= 0.6 is 0 Å². The van der Waals surface area contributed by atoms with Crippen molar-refractivity contribution in [1.82, 2.24) is 5.32 Å². The van der Waals surface area contributed by atoms with Crippen LogP contribution in [0.25, 0.3) is 0 Å². The second kappa shape index (κ2) is 9.44. The van der Waals surface area contributed by atoms with Gasteiger partial charge in [0.2, 0.25) is 11.8 Å². The lowest BCUT2D eigenvalue weighted by molar-refractivity contribution is -0.115. The molecule has 0 spiro atoms. The van der Waals surface area contributed by atoms with Crippen LogP contribution in [-0.2, 0) is 16.0 Å². The van der Waals surface area contributed by atoms with E-state index in [-0.39, 0.29) is 18.4 Å². The first-order chi connectivity index (χ1) is 12.1. The van der Waals surface area contributed by atoms with E-state index in [1.54, 1.807) is 31.4 Å². The largest absolute Gasteiger partial charge is 0.497 e. The first-order valence-corrected chi connectivity index (χ1v) is 8.08. The van der Waals surface area contributed by atoms with E-state index in [1.807, 2.05) is 24.3 Å². The summed E-state index contributed by atoms with van der Waals surface area (Å²) < 4.78 is 5.19. The molecule has 0 aliphatic carbocycles. The molecule has 2 rings (SSSR count). The van der Waals surface area contributed by atoms with Gasteiger partial charge in [0.15, 0.2) is 0 Å². The van der Waals surface area contributed by atoms with E-state index in [0.717, 1.165) is 17.7 Å². The normalized spacial score (nSPS) is 10.2. The fraction of sp³-hybridized carbons (Fsp3) is 0.263. The van der Waals surface area contributed by atoms with Crippen LogP contribution in [0.2, 0.25) is 0 Å². The number of benzene rings is 2. The average Bonchev–Trinajstić information content (AvgIpc) is 2.60. The molecule has 6 heteroatoms. The van der Waals surface area contributed by atoms with Gasteiger partial charge in [0.25, 0.3) is 0 Å². The molecule has 0 saturated carbocycles. The fourth-order valence-corrected chi connectivity index (χ4v) is 2.31. The van der Waals surface area contributed by atoms with Crippen LogP contribution in [0.1, 0.15) is 12.5 Å². The minimum atomic E-state index is -0.128. The van der Waals surface area contributed by atoms with Crippen LogP contribution in [0.4, 0.5) is 11.4 Å². The number of hydrogen-bond acceptors (Lipinski definition) is 4. The molecule has 0 atom stereocenters. The zero-order valence-electron chi connectivity index (χ0n) is 14.5. The smallest absolute Gasteiger partial charge is 0.238 e. The Bertz CT molecular complexity index is 714. The zero-order chi connectivity index (χ0) is 18.1. The lowest BCUT2D eigenvalue weighted by Crippen LogP contribution is -2.29. The number of methoxy groups -OCH3 is 1. The number of carbonyl (C=O) groups is 2. The van der Waals surface area contributed by atoms with Crippen molar-refractivity contribution in [2.75, 3.05) is 30.8 Å². The number of carbonyl (C=O) groups excluding carboxylic acids is 2. The van der Waals surface area contributed by atoms with Crippen molar-refractivity contribution in [3.63, 3.8) is 0 Å². The second-order valence-electron chi connectivity index (χ2n) is 5.59. The molecule has 0 radical (unpaired) electrons. The average molecular weight is 341 g/mol. The van der Waals surface area contributed by atoms with Crippen molar-refractivity contribution in [3.8, 4) is 5.75 Å². The Balaban J connectivity index is 1.70. The predicted molar refractivity (Wildman–Crippen MR) is 98.9 cm³/mol. The molecule has 2 aromatic rings. The third kappa shape index (κ3) is 6.64. The molecule has 132 valence electrons. The molecule has 0 aliphatic rings. The van der Waals surface area contributed by atoms with Crippen molar-refractivity contribution in [1.29, 1.82) is 0 Å². The van der Waals surface area contributed by atoms with Gasteiger partial charge in [-0.25, -0.2) is 0 Å². The highest BCUT2D eigenvalue weighted by Gasteiger charge is 2.03. The molecule has 6 nitrogen and oxygen atoms in total. The molecule has 2 aromatic carbocycles. The van der Waals surface area contributed by atoms with Gasteiger partial charge in [-0.1, -0.05) is 12.1 Å². The van der Waals surface area contributed by atoms with Gasteiger partial charge in [-0.3, -0.25) is 9.59 Å². The zero-order valence-corrected chi connectivity index (χ0v) is 14.5. The summed E-state index contributed by atoms with van der Waals surface area (Å²) in [6, 6.07) is 14.9. The molecular weight excluding hydrogens is 318 g/mol. The molecule has 0 heterocycles. The lowest BCUT2D eigenvalue weighted by Gasteiger charge is -2.08. The number of nitrogens with one attached hydrogen (secondary N) is 3. The van der Waals surface area contributed by atoms with Crippen LogP contribution in [0.3, 0.4) is 0 Å². The van der Waals surface area contributed by atoms with Crippen molar-refractivity contribution in [2.45, 2.75) is 13.3 Å². The number of amides is 2. The molecule has 0 fully saturated rings. The van der Waals surface area contributed by atoms with Gasteiger partial charge in [-0.15, -0.1) is 0 Å². The van der Waals surface area contributed by atoms with E-state index in [1.165, 1.54) is 6.92 Å². The number of ether oxygens (including phenoxy) is 1. The van der Waals surface area contributed by atoms with E-state index in [9.17, 15) is 9.59 Å². The van der Waals surface area contributed by atoms with Crippen molar-refractivity contribution in [3.05, 3.63) is 54.1 Å². The van der Waals surface area contributed by atoms with Gasteiger partial charge in [0.05, 0.1) is 13.7 Å². The summed E-state index contributed by atoms with van der Waals surface area (Å²) in [7, 11) is 1.64. The van der Waals surface area contributed by atoms with E-state index in [0.29, 0.717) is 17.9 Å². The molecule has 0 bridgehead atoms. The minimum Gasteiger partial charge on any atom is -0.497 e. The van der Waals surface area contributed by atoms with Crippen molar-refractivity contribution in [2.24, 2.45) is 0 Å². The maximum atomic E-state index is 11.9. The van der Waals surface area contributed by atoms with Crippen LogP contribution in [0.5, 0.6) is 5.75 Å². The van der Waals surface area contributed by atoms with Gasteiger partial charge >= 0.3 is 0 Å². The van der Waals surface area contributed by atoms with E-state index in [4.69, 9.17) is 4.74 Å². The summed E-state index contributed by atoms with van der Waals surface area (Å²) in [6.45, 7) is 2.38. The van der Waals surface area contributed by atoms with Crippen molar-refractivity contribution >= 4 is 23.2 Å². The standard InChI is InChI=1S/C19H23N3O3/c1-14(23)21-16-6-8-17(9-7-16)22-19(24)13-20-11-10-15-4-3-5-18(12-15)25-2/h3-9,12,20H,10-11,13H2,1-2H3,(H,21,23)(H,22,24). The number of anilines is 2. The monoisotopic (exact) mass is 341 g/mol. The van der Waals surface area contributed by atoms with Crippen LogP contribution in [0, 0.1) is 0 Å². The summed E-state index contributed by atoms with van der Waals surface area (Å²) in [6.07, 6.45) is 0.815. The molecule has 0 aromatic heterocycles. The molecule has 3 N–H and O–H groups in total. The molecule has 0 aliphatic heterocycles. The van der Waals surface area contributed by atoms with Gasteiger partial charge < -0.3 is 20.7 Å². The fourth-order valence-electron chi connectivity index (χ4n) is 2.31. The first kappa shape index (κ1) is 18.5. The van der Waals surface area contributed by atoms with Gasteiger partial charge in [-0.2, -0.15) is 0 Å². The first-order valence-electron chi connectivity index (χ1n) is 8.08. The van der Waals surface area contributed by atoms with Crippen molar-refractivity contribution < 1.29 is 14.3 Å². The summed E-state index contributed by atoms with van der Waals surface area (Å²) in [5, 5.41) is 8.60. The Morgan fingerprint density at radius 2 is 1.68 bits per heavy atom. The second-order valence-corrected chi connectivity index (χ2v) is 5.59. The van der Waals surface area contributed by atoms with E-state index in [2.05, 4.69) is 16.0 Å². The number of hydrogen-bond donors (Lipinski definition) is 3. The quantitative estimate of drug-likeness (QED) is 0.644. The highest BCUT2D eigenvalue weighted by Crippen LogP contribution is 2.14. The molecule has 0 unspecified atom stereocenters. The highest BCUT2D eigenvalue weighted by molar-refractivity contribution is 5.93. The summed E-state index contributed by atoms with van der Waals surface area (Å²) in [4.78, 5) is 22.9. The third-order valence-electron chi connectivity index (χ3n) is 3.50. The Labute approximate surface area is 147 Å². The predicted octanol–water partition coefficient (Wildman–Crippen LogP) is 2.42. The van der Waals surface area contributed by atoms with Crippen LogP contribution in [0.15, 0.2) is 48.5 Å². The lowest BCUT2D eigenvalue weighted by atomic mass is 10.1. The maximum absolute atomic E-state index is 11.9. The summed E-state index contributed by atoms with van der Waals surface area (Å²) in [5.41, 5.74) is 2.54. The summed E-state index contributed by atoms with van der Waals surface area (Å²) in [5.74, 6) is 0.591. The van der Waals surface area contributed by atoms with Crippen LogP contribution in [-0.4, -0.2) is 32.0 Å². The topological polar surface area (TPSA) is 79.5 Å². The van der Waals surface area contributed by atoms with E-state index >= 15 is 0 Å². The Hall–Kier alpha value is -2.86. The van der Waals surface area contributed by atoms with Gasteiger partial charge in [0, 0.05) is 18.3 Å². The SMILES string of the molecule is COc1cccc(CCNCC(=O)Nc2ccc(NC(C)=O)cc2)c1. The Kier molecular flexibility index (Phi) is 6.98. The minimum absolute atomic E-state index is 0.113. The highest BCUT2D eigenvalue weighted by atomic mass is 16.5. The van der Waals surface area contributed by atoms with Gasteiger partial charge in [0.1, 0.15) is 5.75 Å². The molecule has 2 amide bonds. The Morgan fingerprint density at radius 1 is 1.00 bits per heavy atom. The maximum Gasteiger partial charge on any atom is 0.238 e.